The Bertz CT molecular complexity index is 4590. The lowest BCUT2D eigenvalue weighted by Gasteiger charge is -2.16. The highest BCUT2D eigenvalue weighted by Gasteiger charge is 2.26. The van der Waals surface area contributed by atoms with Crippen molar-refractivity contribution in [3.8, 4) is 39.9 Å². The predicted molar refractivity (Wildman–Crippen MR) is 275 cm³/mol. The molecule has 6 nitrogen and oxygen atoms in total. The second-order valence-electron chi connectivity index (χ2n) is 17.5. The molecule has 4 aromatic heterocycles. The predicted octanol–water partition coefficient (Wildman–Crippen LogP) is 16.4. The van der Waals surface area contributed by atoms with E-state index in [9.17, 15) is 0 Å². The van der Waals surface area contributed by atoms with E-state index in [4.69, 9.17) is 23.8 Å². The van der Waals surface area contributed by atoms with Crippen LogP contribution in [0.4, 0.5) is 0 Å². The Kier molecular flexibility index (Phi) is 7.40. The van der Waals surface area contributed by atoms with Gasteiger partial charge in [-0.25, -0.2) is 15.0 Å². The lowest BCUT2D eigenvalue weighted by atomic mass is 10.00. The minimum Gasteiger partial charge on any atom is -0.456 e. The number of para-hydroxylation sites is 2. The van der Waals surface area contributed by atoms with Crippen LogP contribution in [0.1, 0.15) is 0 Å². The fourth-order valence-electron chi connectivity index (χ4n) is 10.7. The summed E-state index contributed by atoms with van der Waals surface area (Å²) in [6, 6.07) is 72.8. The van der Waals surface area contributed by atoms with Crippen molar-refractivity contribution in [2.45, 2.75) is 0 Å². The van der Waals surface area contributed by atoms with Crippen LogP contribution < -0.4 is 0 Å². The molecule has 0 amide bonds. The average Bonchev–Trinajstić information content (AvgIpc) is 4.05. The second-order valence-corrected chi connectivity index (χ2v) is 17.5. The average molecular weight is 855 g/mol. The Morgan fingerprint density at radius 1 is 0.328 bits per heavy atom. The van der Waals surface area contributed by atoms with Crippen LogP contribution in [0.25, 0.3) is 149 Å². The molecule has 0 bridgehead atoms. The number of hydrogen-bond donors (Lipinski definition) is 0. The van der Waals surface area contributed by atoms with Crippen molar-refractivity contribution >= 4 is 109 Å². The summed E-state index contributed by atoms with van der Waals surface area (Å²) in [5, 5.41) is 15.5. The summed E-state index contributed by atoms with van der Waals surface area (Å²) in [7, 11) is 0. The Morgan fingerprint density at radius 3 is 1.78 bits per heavy atom. The third-order valence-corrected chi connectivity index (χ3v) is 13.8. The highest BCUT2D eigenvalue weighted by Crippen LogP contribution is 2.46. The van der Waals surface area contributed by atoms with Crippen LogP contribution in [-0.2, 0) is 0 Å². The standard InChI is InChI=1S/C61H34N4O2/c1-2-14-37-30-42(25-24-35(37)12-1)59-62-60(46-22-11-21-45-44-20-9-10-23-52(44)67-58(45)46)64-61(63-59)57-50(28-29-53-56(57)48-32-39-16-4-6-18-41(39)34-54(48)66-53)65-49-27-26-36-13-7-8-19-43(36)55(49)47-31-38-15-3-5-17-40(38)33-51(47)65/h1-34H. The van der Waals surface area contributed by atoms with Gasteiger partial charge in [0.2, 0.25) is 0 Å². The number of hydrogen-bond acceptors (Lipinski definition) is 5. The lowest BCUT2D eigenvalue weighted by Crippen LogP contribution is -2.04. The van der Waals surface area contributed by atoms with Crippen molar-refractivity contribution in [1.29, 1.82) is 0 Å². The molecule has 0 unspecified atom stereocenters. The molecule has 0 N–H and O–H groups in total. The largest absolute Gasteiger partial charge is 0.456 e. The van der Waals surface area contributed by atoms with Gasteiger partial charge in [0.25, 0.3) is 0 Å². The molecule has 0 aliphatic rings. The molecular weight excluding hydrogens is 821 g/mol. The summed E-state index contributed by atoms with van der Waals surface area (Å²) in [5.41, 5.74) is 8.68. The minimum absolute atomic E-state index is 0.512. The van der Waals surface area contributed by atoms with Crippen molar-refractivity contribution in [2.75, 3.05) is 0 Å². The van der Waals surface area contributed by atoms with Crippen LogP contribution in [0.15, 0.2) is 215 Å². The van der Waals surface area contributed by atoms with Crippen LogP contribution in [0.3, 0.4) is 0 Å². The first-order valence-electron chi connectivity index (χ1n) is 22.6. The molecule has 310 valence electrons. The first-order chi connectivity index (χ1) is 33.2. The van der Waals surface area contributed by atoms with Gasteiger partial charge in [0, 0.05) is 37.9 Å². The third-order valence-electron chi connectivity index (χ3n) is 13.8. The van der Waals surface area contributed by atoms with E-state index in [-0.39, 0.29) is 0 Å². The Morgan fingerprint density at radius 2 is 0.955 bits per heavy atom. The molecule has 6 heteroatoms. The lowest BCUT2D eigenvalue weighted by molar-refractivity contribution is 0.669. The number of furan rings is 2. The summed E-state index contributed by atoms with van der Waals surface area (Å²) in [6.07, 6.45) is 0. The zero-order chi connectivity index (χ0) is 43.7. The van der Waals surface area contributed by atoms with Gasteiger partial charge in [-0.2, -0.15) is 0 Å². The SMILES string of the molecule is c1ccc2cc(-c3nc(-c4cccc5c4oc4ccccc45)nc(-c4c(-n5c6cc7ccccc7cc6c6c7ccccc7ccc65)ccc5oc6cc7ccccc7cc6c45)n3)ccc2c1. The molecule has 0 fully saturated rings. The van der Waals surface area contributed by atoms with Crippen LogP contribution in [0, 0.1) is 0 Å². The van der Waals surface area contributed by atoms with E-state index in [1.807, 2.05) is 18.2 Å². The number of aromatic nitrogens is 4. The molecule has 15 rings (SSSR count). The summed E-state index contributed by atoms with van der Waals surface area (Å²) in [6.45, 7) is 0. The Hall–Kier alpha value is -9.13. The third kappa shape index (κ3) is 5.35. The van der Waals surface area contributed by atoms with E-state index in [1.165, 1.54) is 26.9 Å². The van der Waals surface area contributed by atoms with E-state index >= 15 is 0 Å². The highest BCUT2D eigenvalue weighted by molar-refractivity contribution is 6.24. The summed E-state index contributed by atoms with van der Waals surface area (Å²) < 4.78 is 15.9. The fraction of sp³-hybridized carbons (Fsp3) is 0. The normalized spacial score (nSPS) is 12.2. The maximum absolute atomic E-state index is 6.86. The molecule has 0 aliphatic heterocycles. The van der Waals surface area contributed by atoms with Crippen molar-refractivity contribution in [3.63, 3.8) is 0 Å². The molecule has 0 saturated carbocycles. The van der Waals surface area contributed by atoms with Gasteiger partial charge in [-0.3, -0.25) is 0 Å². The van der Waals surface area contributed by atoms with Crippen molar-refractivity contribution in [3.05, 3.63) is 206 Å². The maximum Gasteiger partial charge on any atom is 0.167 e. The van der Waals surface area contributed by atoms with Gasteiger partial charge in [0.05, 0.1) is 27.8 Å². The van der Waals surface area contributed by atoms with E-state index < -0.39 is 0 Å². The number of nitrogens with zero attached hydrogens (tertiary/aromatic N) is 4. The van der Waals surface area contributed by atoms with E-state index in [0.29, 0.717) is 17.5 Å². The molecular formula is C61H34N4O2. The Balaban J connectivity index is 1.12. The summed E-state index contributed by atoms with van der Waals surface area (Å²) in [5.74, 6) is 1.59. The molecule has 67 heavy (non-hydrogen) atoms. The Labute approximate surface area is 381 Å². The first kappa shape index (κ1) is 36.2. The molecule has 0 saturated heterocycles. The van der Waals surface area contributed by atoms with Crippen LogP contribution in [0.5, 0.6) is 0 Å². The second kappa shape index (κ2) is 13.7. The fourth-order valence-corrected chi connectivity index (χ4v) is 10.7. The number of fused-ring (bicyclic) bond motifs is 14. The molecule has 0 atom stereocenters. The van der Waals surface area contributed by atoms with Gasteiger partial charge in [-0.05, 0) is 104 Å². The minimum atomic E-state index is 0.512. The zero-order valence-electron chi connectivity index (χ0n) is 35.7. The number of benzene rings is 11. The molecule has 11 aromatic carbocycles. The quantitative estimate of drug-likeness (QED) is 0.176. The smallest absolute Gasteiger partial charge is 0.167 e. The van der Waals surface area contributed by atoms with Gasteiger partial charge < -0.3 is 13.4 Å². The maximum atomic E-state index is 6.86. The molecule has 15 aromatic rings. The van der Waals surface area contributed by atoms with Gasteiger partial charge in [0.1, 0.15) is 22.3 Å². The summed E-state index contributed by atoms with van der Waals surface area (Å²) in [4.78, 5) is 16.5. The van der Waals surface area contributed by atoms with Crippen LogP contribution in [-0.4, -0.2) is 19.5 Å². The number of rotatable bonds is 4. The van der Waals surface area contributed by atoms with Gasteiger partial charge in [-0.1, -0.05) is 146 Å². The molecule has 0 spiro atoms. The monoisotopic (exact) mass is 854 g/mol. The molecule has 0 radical (unpaired) electrons. The van der Waals surface area contributed by atoms with Gasteiger partial charge in [0.15, 0.2) is 17.5 Å². The van der Waals surface area contributed by atoms with E-state index in [1.54, 1.807) is 0 Å². The molecule has 0 aliphatic carbocycles. The van der Waals surface area contributed by atoms with Gasteiger partial charge in [-0.15, -0.1) is 0 Å². The van der Waals surface area contributed by atoms with Gasteiger partial charge >= 0.3 is 0 Å². The van der Waals surface area contributed by atoms with E-state index in [0.717, 1.165) is 104 Å². The zero-order valence-corrected chi connectivity index (χ0v) is 35.7. The highest BCUT2D eigenvalue weighted by atomic mass is 16.3. The molecule has 4 heterocycles. The van der Waals surface area contributed by atoms with Crippen LogP contribution in [0.2, 0.25) is 0 Å². The van der Waals surface area contributed by atoms with Crippen molar-refractivity contribution in [1.82, 2.24) is 19.5 Å². The van der Waals surface area contributed by atoms with Crippen LogP contribution >= 0.6 is 0 Å². The van der Waals surface area contributed by atoms with E-state index in [2.05, 4.69) is 193 Å². The summed E-state index contributed by atoms with van der Waals surface area (Å²) >= 11 is 0. The first-order valence-corrected chi connectivity index (χ1v) is 22.6. The van der Waals surface area contributed by atoms with Crippen molar-refractivity contribution < 1.29 is 8.83 Å². The van der Waals surface area contributed by atoms with Crippen molar-refractivity contribution in [2.24, 2.45) is 0 Å². The topological polar surface area (TPSA) is 69.9 Å².